The number of esters is 8. The van der Waals surface area contributed by atoms with Gasteiger partial charge in [-0.2, -0.15) is 0 Å². The van der Waals surface area contributed by atoms with Crippen molar-refractivity contribution in [3.63, 3.8) is 0 Å². The van der Waals surface area contributed by atoms with Crippen molar-refractivity contribution < 1.29 is 218 Å². The summed E-state index contributed by atoms with van der Waals surface area (Å²) in [6.45, 7) is -2.82. The molecule has 0 amide bonds. The van der Waals surface area contributed by atoms with Gasteiger partial charge in [0.05, 0.1) is 44.5 Å². The molecule has 5 aliphatic heterocycles. The van der Waals surface area contributed by atoms with E-state index < -0.39 is 344 Å². The summed E-state index contributed by atoms with van der Waals surface area (Å²) in [5.41, 5.74) is -17.7. The highest BCUT2D eigenvalue weighted by Crippen LogP contribution is 2.60. The Morgan fingerprint density at radius 1 is 0.295 bits per heavy atom. The van der Waals surface area contributed by atoms with Crippen LogP contribution in [0.3, 0.4) is 0 Å². The molecule has 0 bridgehead atoms. The largest absolute Gasteiger partial charge is 0.504 e. The van der Waals surface area contributed by atoms with E-state index in [1.807, 2.05) is 0 Å². The molecule has 10 unspecified atom stereocenters. The highest BCUT2D eigenvalue weighted by molar-refractivity contribution is 6.12. The molecule has 584 valence electrons. The maximum absolute atomic E-state index is 15.1. The number of ether oxygens (including phenoxy) is 11. The van der Waals surface area contributed by atoms with Gasteiger partial charge in [-0.05, 0) is 54.6 Å². The molecule has 0 saturated carbocycles. The zero-order valence-electron chi connectivity index (χ0n) is 54.8. The normalized spacial score (nSPS) is 21.3. The second-order valence-electron chi connectivity index (χ2n) is 24.6. The van der Waals surface area contributed by atoms with Crippen molar-refractivity contribution in [3.8, 4) is 177 Å². The summed E-state index contributed by atoms with van der Waals surface area (Å²) < 4.78 is 61.6. The summed E-state index contributed by atoms with van der Waals surface area (Å²) >= 11 is 0. The lowest BCUT2D eigenvalue weighted by Crippen LogP contribution is -2.63. The molecule has 44 heteroatoms. The Balaban J connectivity index is 0.935. The summed E-state index contributed by atoms with van der Waals surface area (Å²) in [6, 6.07) is 3.20. The molecule has 5 heterocycles. The first-order valence-corrected chi connectivity index (χ1v) is 31.2. The maximum Gasteiger partial charge on any atom is 0.343 e. The number of fused-ring (bicyclic) bond motifs is 13. The van der Waals surface area contributed by atoms with E-state index in [0.717, 1.165) is 0 Å². The van der Waals surface area contributed by atoms with Gasteiger partial charge in [-0.15, -0.1) is 0 Å². The van der Waals surface area contributed by atoms with Crippen molar-refractivity contribution in [3.05, 3.63) is 99.1 Å². The average molecular weight is 1570 g/mol. The Kier molecular flexibility index (Phi) is 18.1. The number of carbonyl (C=O) groups is 8. The number of rotatable bonds is 6. The fourth-order valence-electron chi connectivity index (χ4n) is 12.5. The zero-order valence-corrected chi connectivity index (χ0v) is 54.8. The Morgan fingerprint density at radius 3 is 1.04 bits per heavy atom. The van der Waals surface area contributed by atoms with Crippen molar-refractivity contribution in [2.45, 2.75) is 61.4 Å². The summed E-state index contributed by atoms with van der Waals surface area (Å²) in [5.74, 6) is -53.2. The van der Waals surface area contributed by atoms with Crippen molar-refractivity contribution in [2.24, 2.45) is 0 Å². The van der Waals surface area contributed by atoms with Crippen LogP contribution in [-0.2, 0) is 47.4 Å². The van der Waals surface area contributed by atoms with Crippen LogP contribution in [0.25, 0.3) is 33.4 Å². The number of hydrogen-bond donors (Lipinski definition) is 25. The molecule has 0 aromatic heterocycles. The van der Waals surface area contributed by atoms with Gasteiger partial charge < -0.3 is 180 Å². The number of benzene rings is 8. The molecule has 0 spiro atoms. The van der Waals surface area contributed by atoms with Crippen molar-refractivity contribution in [2.75, 3.05) is 13.2 Å². The van der Waals surface area contributed by atoms with E-state index in [9.17, 15) is 156 Å². The molecule has 2 saturated heterocycles. The van der Waals surface area contributed by atoms with Gasteiger partial charge in [0.15, 0.2) is 116 Å². The third-order valence-electron chi connectivity index (χ3n) is 17.9. The third kappa shape index (κ3) is 12.0. The second kappa shape index (κ2) is 27.1. The van der Waals surface area contributed by atoms with Gasteiger partial charge in [-0.3, -0.25) is 0 Å². The summed E-state index contributed by atoms with van der Waals surface area (Å²) in [6.07, 6.45) is -26.2. The quantitative estimate of drug-likeness (QED) is 0.0640. The van der Waals surface area contributed by atoms with Crippen LogP contribution in [0.2, 0.25) is 0 Å². The van der Waals surface area contributed by atoms with Crippen LogP contribution >= 0.6 is 0 Å². The average Bonchev–Trinajstić information content (AvgIpc) is 1.06. The second-order valence-corrected chi connectivity index (χ2v) is 24.6. The predicted molar refractivity (Wildman–Crippen MR) is 344 cm³/mol. The molecule has 25 N–H and O–H groups in total. The summed E-state index contributed by atoms with van der Waals surface area (Å²) in [5, 5.41) is 275. The van der Waals surface area contributed by atoms with Crippen LogP contribution in [-0.4, -0.2) is 250 Å². The lowest BCUT2D eigenvalue weighted by molar-refractivity contribution is -0.284. The van der Waals surface area contributed by atoms with Gasteiger partial charge in [0.25, 0.3) is 0 Å². The topological polar surface area (TPSA) is 744 Å². The highest BCUT2D eigenvalue weighted by Gasteiger charge is 2.57. The van der Waals surface area contributed by atoms with E-state index in [1.165, 1.54) is 0 Å². The number of aliphatic hydroxyl groups is 2. The van der Waals surface area contributed by atoms with Crippen molar-refractivity contribution >= 4 is 47.8 Å². The molecule has 44 nitrogen and oxygen atoms in total. The number of cyclic esters (lactones) is 2. The molecule has 10 atom stereocenters. The Labute approximate surface area is 614 Å². The smallest absolute Gasteiger partial charge is 0.343 e. The first-order valence-electron chi connectivity index (χ1n) is 31.2. The van der Waals surface area contributed by atoms with Gasteiger partial charge in [0, 0.05) is 27.8 Å². The number of hydrogen-bond acceptors (Lipinski definition) is 44. The lowest BCUT2D eigenvalue weighted by Gasteiger charge is -2.44. The number of aliphatic hydroxyl groups excluding tert-OH is 2. The Hall–Kier alpha value is -15.4. The Morgan fingerprint density at radius 2 is 0.616 bits per heavy atom. The Bertz CT molecular complexity index is 5480. The molecule has 2 fully saturated rings. The van der Waals surface area contributed by atoms with Crippen LogP contribution in [0.15, 0.2) is 54.6 Å². The predicted octanol–water partition coefficient (Wildman–Crippen LogP) is 1.75. The van der Waals surface area contributed by atoms with Gasteiger partial charge in [0.2, 0.25) is 64.7 Å². The number of carbonyl (C=O) groups excluding carboxylic acids is 8. The van der Waals surface area contributed by atoms with Crippen molar-refractivity contribution in [1.82, 2.24) is 0 Å². The molecule has 5 aliphatic rings. The number of phenolic OH excluding ortho intramolecular Hbond substituents is 23. The van der Waals surface area contributed by atoms with Gasteiger partial charge in [-0.25, -0.2) is 38.4 Å². The molecule has 13 rings (SSSR count). The van der Waals surface area contributed by atoms with Crippen LogP contribution in [0.5, 0.6) is 144 Å². The van der Waals surface area contributed by atoms with Crippen LogP contribution in [0, 0.1) is 0 Å². The molecule has 0 aliphatic carbocycles. The summed E-state index contributed by atoms with van der Waals surface area (Å²) in [7, 11) is 0. The SMILES string of the molecule is O=C(OC1OC2COC(=O)c3cc(O)c(O)c(O)c3-c3c(O)c(O)c(O)c(Oc4cc(C(=O)OC5OC6COC(=O)c7cc(O)c(O)c(O)c7-c7c(cc(O)c(O)c7O)C(=O)OC6C6OC(=O)c7cc(O)c(O)c(O)c7-c7c(cc(O)c(O)c7O)C(=O)OC56)cc(O)c4O)c3C(=O)OC2C(O)C1O)c1cc(O)c(O)c(O)c1. The monoisotopic (exact) mass is 1570 g/mol. The first kappa shape index (κ1) is 74.8. The molecular weight excluding hydrogens is 1520 g/mol. The van der Waals surface area contributed by atoms with Gasteiger partial charge >= 0.3 is 47.8 Å². The van der Waals surface area contributed by atoms with Gasteiger partial charge in [0.1, 0.15) is 43.2 Å². The van der Waals surface area contributed by atoms with E-state index in [0.29, 0.717) is 36.4 Å². The highest BCUT2D eigenvalue weighted by atomic mass is 16.8. The minimum absolute atomic E-state index is 0.266. The van der Waals surface area contributed by atoms with E-state index in [-0.39, 0.29) is 18.2 Å². The van der Waals surface area contributed by atoms with Crippen LogP contribution in [0.4, 0.5) is 0 Å². The third-order valence-corrected chi connectivity index (χ3v) is 17.9. The molecule has 8 aromatic carbocycles. The van der Waals surface area contributed by atoms with E-state index in [2.05, 4.69) is 0 Å². The van der Waals surface area contributed by atoms with E-state index in [4.69, 9.17) is 52.1 Å². The van der Waals surface area contributed by atoms with Crippen molar-refractivity contribution in [1.29, 1.82) is 0 Å². The fraction of sp³-hybridized carbons (Fsp3) is 0.176. The number of aromatic hydroxyl groups is 23. The lowest BCUT2D eigenvalue weighted by atomic mass is 9.91. The van der Waals surface area contributed by atoms with Crippen LogP contribution < -0.4 is 4.74 Å². The minimum atomic E-state index is -2.94. The molecule has 8 aromatic rings. The van der Waals surface area contributed by atoms with Gasteiger partial charge in [-0.1, -0.05) is 0 Å². The molecule has 0 radical (unpaired) electrons. The summed E-state index contributed by atoms with van der Waals surface area (Å²) in [4.78, 5) is 117. The molecular formula is C68H48O44. The standard InChI is InChI=1S/C68H48O44/c69-19-1-12(2-20(70)37(19)77)59(94)111-67-53(93)52(92)54-28(105-67)10-102-62(97)15-6-23(73)43(83)48(88)34(15)35-36(66(101)107-54)56(51(91)50(90)49(35)89)104-27-4-13(3-21(71)38(27)78)60(95)112-68-58-57(109-64(99)17-8-25(75)41(81)46(86)32(17)33-18(65(100)110-58)9-26(76)42(82)47(33)87)55-29(106-68)11-103-61(96)14-5-22(72)39(79)44(84)30(14)31-16(63(98)108-55)7-24(74)40(80)45(31)85/h1-9,28-29,52-55,57-58,67-93H,10-11H2. The maximum atomic E-state index is 15.1. The fourth-order valence-corrected chi connectivity index (χ4v) is 12.5. The molecule has 112 heavy (non-hydrogen) atoms. The van der Waals surface area contributed by atoms with Crippen LogP contribution in [0.1, 0.15) is 82.9 Å². The zero-order chi connectivity index (χ0) is 81.5. The van der Waals surface area contributed by atoms with E-state index in [1.54, 1.807) is 0 Å². The minimum Gasteiger partial charge on any atom is -0.504 e. The van der Waals surface area contributed by atoms with E-state index >= 15 is 9.59 Å². The first-order chi connectivity index (χ1) is 52.7. The number of phenols is 23.